The number of carbonyl (C=O) groups excluding carboxylic acids is 3. The van der Waals surface area contributed by atoms with Gasteiger partial charge in [0.05, 0.1) is 13.2 Å². The minimum Gasteiger partial charge on any atom is -0.875 e. The average molecular weight is 416 g/mol. The summed E-state index contributed by atoms with van der Waals surface area (Å²) in [5.74, 6) is -5.69. The smallest absolute Gasteiger partial charge is 0.333 e. The molecule has 0 radical (unpaired) electrons. The van der Waals surface area contributed by atoms with Crippen molar-refractivity contribution in [2.45, 2.75) is 33.6 Å². The third-order valence-corrected chi connectivity index (χ3v) is 4.36. The van der Waals surface area contributed by atoms with Crippen molar-refractivity contribution in [3.63, 3.8) is 0 Å². The number of hydrogen-bond donors (Lipinski definition) is 0. The van der Waals surface area contributed by atoms with E-state index >= 15 is 0 Å². The quantitative estimate of drug-likeness (QED) is 0.280. The van der Waals surface area contributed by atoms with Crippen LogP contribution in [0.3, 0.4) is 0 Å². The van der Waals surface area contributed by atoms with Crippen LogP contribution in [0.1, 0.15) is 39.2 Å². The molecule has 1 rings (SSSR count). The lowest BCUT2D eigenvalue weighted by Crippen LogP contribution is -2.35. The normalized spacial score (nSPS) is 14.0. The number of halogens is 2. The molecule has 6 nitrogen and oxygen atoms in total. The Kier molecular flexibility index (Phi) is 8.79. The molecule has 0 aliphatic heterocycles. The largest absolute Gasteiger partial charge is 0.875 e. The number of esters is 2. The Hall–Kier alpha value is -2.05. The maximum atomic E-state index is 12.5. The Labute approximate surface area is 168 Å². The number of Topliss-reactive ketones (excluding diaryl/α,β-unsaturated/α-hetero) is 1. The highest BCUT2D eigenvalue weighted by Crippen LogP contribution is 2.39. The SMILES string of the molecule is CCOC(=O)/C(=C(\C)[O-])C(c1ccc(Cl)cc1Cl)C(C(C)=O)C(=O)OCC. The number of carbonyl (C=O) groups is 3. The molecule has 1 aromatic rings. The number of benzene rings is 1. The van der Waals surface area contributed by atoms with Crippen LogP contribution in [-0.2, 0) is 23.9 Å². The van der Waals surface area contributed by atoms with Crippen LogP contribution >= 0.6 is 23.2 Å². The second-order valence-corrected chi connectivity index (χ2v) is 6.52. The van der Waals surface area contributed by atoms with Gasteiger partial charge in [0.2, 0.25) is 0 Å². The lowest BCUT2D eigenvalue weighted by molar-refractivity contribution is -0.303. The van der Waals surface area contributed by atoms with Crippen molar-refractivity contribution in [3.05, 3.63) is 45.1 Å². The van der Waals surface area contributed by atoms with Crippen LogP contribution in [-0.4, -0.2) is 30.9 Å². The fraction of sp³-hybridized carbons (Fsp3) is 0.421. The lowest BCUT2D eigenvalue weighted by Gasteiger charge is -2.29. The summed E-state index contributed by atoms with van der Waals surface area (Å²) >= 11 is 12.2. The first-order valence-corrected chi connectivity index (χ1v) is 9.08. The molecular weight excluding hydrogens is 395 g/mol. The molecule has 0 fully saturated rings. The van der Waals surface area contributed by atoms with Crippen molar-refractivity contribution in [3.8, 4) is 0 Å². The summed E-state index contributed by atoms with van der Waals surface area (Å²) in [4.78, 5) is 37.3. The van der Waals surface area contributed by atoms with Gasteiger partial charge in [-0.1, -0.05) is 36.2 Å². The zero-order valence-corrected chi connectivity index (χ0v) is 17.0. The van der Waals surface area contributed by atoms with E-state index in [1.807, 2.05) is 0 Å². The molecule has 0 heterocycles. The summed E-state index contributed by atoms with van der Waals surface area (Å²) < 4.78 is 9.97. The number of ketones is 1. The molecule has 0 amide bonds. The van der Waals surface area contributed by atoms with Crippen molar-refractivity contribution in [1.82, 2.24) is 0 Å². The molecule has 0 spiro atoms. The number of ether oxygens (including phenoxy) is 2. The van der Waals surface area contributed by atoms with Crippen LogP contribution in [0.25, 0.3) is 0 Å². The minimum absolute atomic E-state index is 0.0147. The van der Waals surface area contributed by atoms with Gasteiger partial charge in [0.25, 0.3) is 0 Å². The maximum absolute atomic E-state index is 12.5. The highest BCUT2D eigenvalue weighted by molar-refractivity contribution is 6.35. The maximum Gasteiger partial charge on any atom is 0.333 e. The van der Waals surface area contributed by atoms with E-state index in [-0.39, 0.29) is 29.4 Å². The molecule has 0 bridgehead atoms. The molecule has 148 valence electrons. The van der Waals surface area contributed by atoms with Gasteiger partial charge in [-0.05, 0) is 38.5 Å². The van der Waals surface area contributed by atoms with Crippen LogP contribution in [0.4, 0.5) is 0 Å². The van der Waals surface area contributed by atoms with Crippen LogP contribution in [0.5, 0.6) is 0 Å². The monoisotopic (exact) mass is 415 g/mol. The fourth-order valence-corrected chi connectivity index (χ4v) is 3.25. The molecular formula is C19H21Cl2O6-. The topological polar surface area (TPSA) is 92.7 Å². The molecule has 2 atom stereocenters. The Bertz CT molecular complexity index is 753. The van der Waals surface area contributed by atoms with Gasteiger partial charge >= 0.3 is 11.9 Å². The fourth-order valence-electron chi connectivity index (χ4n) is 2.72. The zero-order valence-electron chi connectivity index (χ0n) is 15.5. The molecule has 8 heteroatoms. The Morgan fingerprint density at radius 3 is 2.11 bits per heavy atom. The van der Waals surface area contributed by atoms with E-state index in [9.17, 15) is 19.5 Å². The molecule has 0 saturated carbocycles. The first-order valence-electron chi connectivity index (χ1n) is 8.32. The van der Waals surface area contributed by atoms with Gasteiger partial charge in [0, 0.05) is 21.5 Å². The van der Waals surface area contributed by atoms with E-state index in [1.54, 1.807) is 13.8 Å². The highest BCUT2D eigenvalue weighted by Gasteiger charge is 2.40. The molecule has 27 heavy (non-hydrogen) atoms. The Morgan fingerprint density at radius 1 is 1.07 bits per heavy atom. The van der Waals surface area contributed by atoms with Crippen LogP contribution < -0.4 is 5.11 Å². The Balaban J connectivity index is 3.74. The standard InChI is InChI=1S/C19H22Cl2O6/c1-5-26-18(24)15(10(3)22)17(13-8-7-12(20)9-14(13)21)16(11(4)23)19(25)27-6-2/h7-9,15,17,23H,5-6H2,1-4H3/p-1/b16-11+. The lowest BCUT2D eigenvalue weighted by atomic mass is 9.77. The molecule has 1 aromatic carbocycles. The third-order valence-electron chi connectivity index (χ3n) is 3.80. The molecule has 0 aliphatic rings. The minimum atomic E-state index is -1.44. The van der Waals surface area contributed by atoms with E-state index in [1.165, 1.54) is 25.1 Å². The van der Waals surface area contributed by atoms with Crippen molar-refractivity contribution in [2.24, 2.45) is 5.92 Å². The van der Waals surface area contributed by atoms with Gasteiger partial charge in [-0.3, -0.25) is 9.59 Å². The predicted octanol–water partition coefficient (Wildman–Crippen LogP) is 3.04. The van der Waals surface area contributed by atoms with Gasteiger partial charge in [0.15, 0.2) is 0 Å². The number of rotatable bonds is 8. The van der Waals surface area contributed by atoms with Crippen LogP contribution in [0.15, 0.2) is 29.5 Å². The predicted molar refractivity (Wildman–Crippen MR) is 99.3 cm³/mol. The second-order valence-electron chi connectivity index (χ2n) is 5.67. The molecule has 2 unspecified atom stereocenters. The van der Waals surface area contributed by atoms with Gasteiger partial charge in [-0.25, -0.2) is 4.79 Å². The van der Waals surface area contributed by atoms with Gasteiger partial charge in [0.1, 0.15) is 11.7 Å². The Morgan fingerprint density at radius 2 is 1.67 bits per heavy atom. The molecule has 0 aliphatic carbocycles. The van der Waals surface area contributed by atoms with Crippen molar-refractivity contribution in [2.75, 3.05) is 13.2 Å². The van der Waals surface area contributed by atoms with Gasteiger partial charge < -0.3 is 14.6 Å². The molecule has 0 saturated heterocycles. The van der Waals surface area contributed by atoms with E-state index in [2.05, 4.69) is 0 Å². The molecule has 0 aromatic heterocycles. The van der Waals surface area contributed by atoms with Crippen LogP contribution in [0.2, 0.25) is 10.0 Å². The number of allylic oxidation sites excluding steroid dienone is 1. The third kappa shape index (κ3) is 5.71. The molecule has 0 N–H and O–H groups in total. The zero-order chi connectivity index (χ0) is 20.7. The van der Waals surface area contributed by atoms with Crippen LogP contribution in [0, 0.1) is 5.92 Å². The summed E-state index contributed by atoms with van der Waals surface area (Å²) in [6.45, 7) is 5.54. The van der Waals surface area contributed by atoms with E-state index < -0.39 is 35.3 Å². The number of hydrogen-bond acceptors (Lipinski definition) is 6. The summed E-state index contributed by atoms with van der Waals surface area (Å²) in [5.41, 5.74) is -0.123. The average Bonchev–Trinajstić information content (AvgIpc) is 2.54. The van der Waals surface area contributed by atoms with E-state index in [4.69, 9.17) is 32.7 Å². The van der Waals surface area contributed by atoms with Crippen molar-refractivity contribution in [1.29, 1.82) is 0 Å². The second kappa shape index (κ2) is 10.3. The first-order chi connectivity index (χ1) is 12.6. The summed E-state index contributed by atoms with van der Waals surface area (Å²) in [6.07, 6.45) is 0. The van der Waals surface area contributed by atoms with Gasteiger partial charge in [-0.15, -0.1) is 5.76 Å². The van der Waals surface area contributed by atoms with E-state index in [0.717, 1.165) is 6.92 Å². The van der Waals surface area contributed by atoms with Gasteiger partial charge in [-0.2, -0.15) is 0 Å². The summed E-state index contributed by atoms with van der Waals surface area (Å²) in [6, 6.07) is 4.35. The summed E-state index contributed by atoms with van der Waals surface area (Å²) in [5, 5.41) is 12.7. The van der Waals surface area contributed by atoms with Crippen molar-refractivity contribution >= 4 is 40.9 Å². The first kappa shape index (κ1) is 23.0. The van der Waals surface area contributed by atoms with E-state index in [0.29, 0.717) is 5.02 Å². The highest BCUT2D eigenvalue weighted by atomic mass is 35.5. The van der Waals surface area contributed by atoms with Crippen molar-refractivity contribution < 1.29 is 29.0 Å². The summed E-state index contributed by atoms with van der Waals surface area (Å²) in [7, 11) is 0.